The van der Waals surface area contributed by atoms with Crippen LogP contribution in [0.4, 0.5) is 0 Å². The molecule has 112 valence electrons. The predicted molar refractivity (Wildman–Crippen MR) is 99.0 cm³/mol. The van der Waals surface area contributed by atoms with Crippen molar-refractivity contribution < 1.29 is 4.42 Å². The van der Waals surface area contributed by atoms with E-state index in [4.69, 9.17) is 4.42 Å². The molecule has 0 amide bonds. The normalized spacial score (nSPS) is 15.1. The molecule has 0 radical (unpaired) electrons. The van der Waals surface area contributed by atoms with Gasteiger partial charge in [-0.1, -0.05) is 54.0 Å². The van der Waals surface area contributed by atoms with E-state index in [1.54, 1.807) is 0 Å². The standard InChI is InChI=1S/C21H15BrO/c1-21(2)17-6-4-3-5-13(17)14-11-20-16(10-18(14)21)15-9-12(22)7-8-19(15)23-20/h3-11H,1-2H3. The first kappa shape index (κ1) is 13.4. The van der Waals surface area contributed by atoms with Gasteiger partial charge in [-0.15, -0.1) is 0 Å². The van der Waals surface area contributed by atoms with Crippen LogP contribution < -0.4 is 0 Å². The molecule has 0 aliphatic heterocycles. The van der Waals surface area contributed by atoms with Gasteiger partial charge >= 0.3 is 0 Å². The van der Waals surface area contributed by atoms with E-state index in [0.717, 1.165) is 15.6 Å². The molecule has 2 heteroatoms. The summed E-state index contributed by atoms with van der Waals surface area (Å²) in [4.78, 5) is 0. The zero-order chi connectivity index (χ0) is 15.8. The van der Waals surface area contributed by atoms with Crippen molar-refractivity contribution in [2.75, 3.05) is 0 Å². The molecule has 4 aromatic rings. The van der Waals surface area contributed by atoms with Gasteiger partial charge in [0.1, 0.15) is 11.2 Å². The van der Waals surface area contributed by atoms with Gasteiger partial charge in [-0.25, -0.2) is 0 Å². The molecule has 0 saturated carbocycles. The number of halogens is 1. The Morgan fingerprint density at radius 2 is 1.57 bits per heavy atom. The third kappa shape index (κ3) is 1.67. The maximum Gasteiger partial charge on any atom is 0.136 e. The van der Waals surface area contributed by atoms with E-state index >= 15 is 0 Å². The molecule has 0 fully saturated rings. The van der Waals surface area contributed by atoms with E-state index in [1.807, 2.05) is 12.1 Å². The van der Waals surface area contributed by atoms with Gasteiger partial charge in [0.25, 0.3) is 0 Å². The highest BCUT2D eigenvalue weighted by Gasteiger charge is 2.35. The van der Waals surface area contributed by atoms with Gasteiger partial charge in [-0.05, 0) is 52.6 Å². The summed E-state index contributed by atoms with van der Waals surface area (Å²) in [5, 5.41) is 2.37. The van der Waals surface area contributed by atoms with Gasteiger partial charge in [-0.3, -0.25) is 0 Å². The molecule has 5 rings (SSSR count). The van der Waals surface area contributed by atoms with Crippen molar-refractivity contribution in [1.82, 2.24) is 0 Å². The predicted octanol–water partition coefficient (Wildman–Crippen LogP) is 6.65. The van der Waals surface area contributed by atoms with Crippen molar-refractivity contribution in [3.8, 4) is 11.1 Å². The Labute approximate surface area is 143 Å². The van der Waals surface area contributed by atoms with E-state index < -0.39 is 0 Å². The molecular formula is C21H15BrO. The minimum absolute atomic E-state index is 0.0235. The van der Waals surface area contributed by atoms with Crippen LogP contribution in [-0.4, -0.2) is 0 Å². The molecule has 0 spiro atoms. The van der Waals surface area contributed by atoms with Gasteiger partial charge in [0, 0.05) is 20.7 Å². The Bertz CT molecular complexity index is 1100. The van der Waals surface area contributed by atoms with Crippen molar-refractivity contribution in [2.24, 2.45) is 0 Å². The molecular weight excluding hydrogens is 348 g/mol. The fourth-order valence-corrected chi connectivity index (χ4v) is 4.30. The minimum Gasteiger partial charge on any atom is -0.456 e. The summed E-state index contributed by atoms with van der Waals surface area (Å²) in [6.07, 6.45) is 0. The van der Waals surface area contributed by atoms with Crippen LogP contribution in [0.15, 0.2) is 63.5 Å². The fourth-order valence-electron chi connectivity index (χ4n) is 3.94. The molecule has 1 aromatic heterocycles. The molecule has 1 aliphatic carbocycles. The molecule has 23 heavy (non-hydrogen) atoms. The largest absolute Gasteiger partial charge is 0.456 e. The van der Waals surface area contributed by atoms with Gasteiger partial charge < -0.3 is 4.42 Å². The summed E-state index contributed by atoms with van der Waals surface area (Å²) in [6, 6.07) is 19.4. The average molecular weight is 363 g/mol. The van der Waals surface area contributed by atoms with E-state index in [2.05, 4.69) is 72.2 Å². The number of hydrogen-bond acceptors (Lipinski definition) is 1. The highest BCUT2D eigenvalue weighted by Crippen LogP contribution is 2.50. The lowest BCUT2D eigenvalue weighted by atomic mass is 9.82. The zero-order valence-electron chi connectivity index (χ0n) is 13.0. The molecule has 1 nitrogen and oxygen atoms in total. The maximum atomic E-state index is 6.10. The quantitative estimate of drug-likeness (QED) is 0.341. The number of benzene rings is 3. The summed E-state index contributed by atoms with van der Waals surface area (Å²) < 4.78 is 7.17. The van der Waals surface area contributed by atoms with Gasteiger partial charge in [0.15, 0.2) is 0 Å². The first-order valence-corrected chi connectivity index (χ1v) is 8.61. The van der Waals surface area contributed by atoms with E-state index in [1.165, 1.54) is 33.0 Å². The third-order valence-corrected chi connectivity index (χ3v) is 5.63. The summed E-state index contributed by atoms with van der Waals surface area (Å²) in [5.41, 5.74) is 7.34. The lowest BCUT2D eigenvalue weighted by Gasteiger charge is -2.21. The monoisotopic (exact) mass is 362 g/mol. The first-order valence-electron chi connectivity index (χ1n) is 7.82. The smallest absolute Gasteiger partial charge is 0.136 e. The van der Waals surface area contributed by atoms with Crippen molar-refractivity contribution in [1.29, 1.82) is 0 Å². The topological polar surface area (TPSA) is 13.1 Å². The Morgan fingerprint density at radius 3 is 2.43 bits per heavy atom. The second kappa shape index (κ2) is 4.27. The third-order valence-electron chi connectivity index (χ3n) is 5.14. The van der Waals surface area contributed by atoms with Crippen LogP contribution in [0.25, 0.3) is 33.1 Å². The number of hydrogen-bond donors (Lipinski definition) is 0. The Hall–Kier alpha value is -2.06. The molecule has 0 N–H and O–H groups in total. The van der Waals surface area contributed by atoms with Crippen LogP contribution in [0.1, 0.15) is 25.0 Å². The molecule has 3 aromatic carbocycles. The minimum atomic E-state index is 0.0235. The summed E-state index contributed by atoms with van der Waals surface area (Å²) >= 11 is 3.57. The molecule has 1 aliphatic rings. The number of rotatable bonds is 0. The van der Waals surface area contributed by atoms with Crippen molar-refractivity contribution in [3.05, 3.63) is 70.2 Å². The summed E-state index contributed by atoms with van der Waals surface area (Å²) in [7, 11) is 0. The molecule has 0 bridgehead atoms. The Morgan fingerprint density at radius 1 is 0.783 bits per heavy atom. The summed E-state index contributed by atoms with van der Waals surface area (Å²) in [5.74, 6) is 0. The van der Waals surface area contributed by atoms with E-state index in [-0.39, 0.29) is 5.41 Å². The van der Waals surface area contributed by atoms with Gasteiger partial charge in [-0.2, -0.15) is 0 Å². The van der Waals surface area contributed by atoms with Crippen molar-refractivity contribution in [3.63, 3.8) is 0 Å². The second-order valence-corrected chi connectivity index (χ2v) is 7.72. The maximum absolute atomic E-state index is 6.10. The van der Waals surface area contributed by atoms with E-state index in [9.17, 15) is 0 Å². The molecule has 0 saturated heterocycles. The number of furan rings is 1. The first-order chi connectivity index (χ1) is 11.1. The van der Waals surface area contributed by atoms with Gasteiger partial charge in [0.2, 0.25) is 0 Å². The van der Waals surface area contributed by atoms with Crippen LogP contribution in [0.3, 0.4) is 0 Å². The highest BCUT2D eigenvalue weighted by atomic mass is 79.9. The Balaban J connectivity index is 1.93. The lowest BCUT2D eigenvalue weighted by Crippen LogP contribution is -2.14. The SMILES string of the molecule is CC1(C)c2ccccc2-c2cc3oc4ccc(Br)cc4c3cc21. The second-order valence-electron chi connectivity index (χ2n) is 6.81. The fraction of sp³-hybridized carbons (Fsp3) is 0.143. The highest BCUT2D eigenvalue weighted by molar-refractivity contribution is 9.10. The van der Waals surface area contributed by atoms with Crippen LogP contribution in [0, 0.1) is 0 Å². The van der Waals surface area contributed by atoms with E-state index in [0.29, 0.717) is 0 Å². The molecule has 0 unspecified atom stereocenters. The van der Waals surface area contributed by atoms with Crippen molar-refractivity contribution in [2.45, 2.75) is 19.3 Å². The molecule has 0 atom stereocenters. The van der Waals surface area contributed by atoms with Crippen LogP contribution in [0.2, 0.25) is 0 Å². The summed E-state index contributed by atoms with van der Waals surface area (Å²) in [6.45, 7) is 4.61. The van der Waals surface area contributed by atoms with Crippen LogP contribution >= 0.6 is 15.9 Å². The molecule has 1 heterocycles. The zero-order valence-corrected chi connectivity index (χ0v) is 14.6. The number of fused-ring (bicyclic) bond motifs is 6. The van der Waals surface area contributed by atoms with Gasteiger partial charge in [0.05, 0.1) is 0 Å². The van der Waals surface area contributed by atoms with Crippen LogP contribution in [0.5, 0.6) is 0 Å². The van der Waals surface area contributed by atoms with Crippen molar-refractivity contribution >= 4 is 37.9 Å². The Kier molecular flexibility index (Phi) is 2.48. The lowest BCUT2D eigenvalue weighted by molar-refractivity contribution is 0.658. The van der Waals surface area contributed by atoms with Crippen LogP contribution in [-0.2, 0) is 5.41 Å². The average Bonchev–Trinajstić information content (AvgIpc) is 3.00.